The predicted molar refractivity (Wildman–Crippen MR) is 75.6 cm³/mol. The number of aromatic nitrogens is 1. The number of hydrogen-bond acceptors (Lipinski definition) is 5. The summed E-state index contributed by atoms with van der Waals surface area (Å²) in [6.45, 7) is 2.73. The van der Waals surface area contributed by atoms with E-state index < -0.39 is 22.4 Å². The maximum absolute atomic E-state index is 12.9. The molecule has 2 aliphatic heterocycles. The summed E-state index contributed by atoms with van der Waals surface area (Å²) in [6.07, 6.45) is 2.33. The number of rotatable bonds is 2. The Balaban J connectivity index is 2.25. The van der Waals surface area contributed by atoms with E-state index >= 15 is 0 Å². The van der Waals surface area contributed by atoms with Gasteiger partial charge in [-0.25, -0.2) is 4.79 Å². The van der Waals surface area contributed by atoms with E-state index in [0.717, 1.165) is 6.42 Å². The lowest BCUT2D eigenvalue weighted by Crippen LogP contribution is -2.52. The highest BCUT2D eigenvalue weighted by Gasteiger charge is 2.50. The summed E-state index contributed by atoms with van der Waals surface area (Å²) in [6, 6.07) is 0. The monoisotopic (exact) mass is 307 g/mol. The summed E-state index contributed by atoms with van der Waals surface area (Å²) in [5.74, 6) is -1.77. The van der Waals surface area contributed by atoms with Crippen molar-refractivity contribution in [2.24, 2.45) is 5.41 Å². The van der Waals surface area contributed by atoms with Crippen LogP contribution in [0.3, 0.4) is 0 Å². The number of Topliss-reactive ketones (excluding diaryl/α,β-unsaturated/α-hetero) is 1. The third kappa shape index (κ3) is 1.89. The van der Waals surface area contributed by atoms with Gasteiger partial charge in [0.05, 0.1) is 25.2 Å². The van der Waals surface area contributed by atoms with Crippen LogP contribution in [0.2, 0.25) is 0 Å². The standard InChI is InChI=1S/C15H17NO6/c1-15-4-3-5-22-9(15)7-16-6-8(14(19)20)11(17)12(21-2)10(16)13(15)18/h6,9H,3-5,7H2,1-2H3,(H,19,20). The molecule has 7 nitrogen and oxygen atoms in total. The number of hydrogen-bond donors (Lipinski definition) is 1. The SMILES string of the molecule is COc1c2n(cc(C(=O)O)c1=O)CC1OCCCC1(C)C2=O. The number of carbonyl (C=O) groups is 2. The van der Waals surface area contributed by atoms with Crippen LogP contribution in [0.4, 0.5) is 0 Å². The summed E-state index contributed by atoms with van der Waals surface area (Å²) in [5.41, 5.74) is -1.74. The molecule has 0 bridgehead atoms. The fourth-order valence-corrected chi connectivity index (χ4v) is 3.33. The summed E-state index contributed by atoms with van der Waals surface area (Å²) in [5, 5.41) is 9.15. The molecular formula is C15H17NO6. The molecular weight excluding hydrogens is 290 g/mol. The number of ketones is 1. The molecule has 0 amide bonds. The molecule has 0 spiro atoms. The van der Waals surface area contributed by atoms with Crippen LogP contribution in [0.5, 0.6) is 5.75 Å². The molecule has 2 atom stereocenters. The minimum Gasteiger partial charge on any atom is -0.491 e. The maximum atomic E-state index is 12.9. The Kier molecular flexibility index (Phi) is 3.32. The van der Waals surface area contributed by atoms with Crippen LogP contribution in [0.25, 0.3) is 0 Å². The van der Waals surface area contributed by atoms with Crippen molar-refractivity contribution in [3.63, 3.8) is 0 Å². The molecule has 1 aromatic heterocycles. The number of carbonyl (C=O) groups excluding carboxylic acids is 1. The Bertz CT molecular complexity index is 721. The first-order valence-electron chi connectivity index (χ1n) is 7.11. The topological polar surface area (TPSA) is 94.8 Å². The Hall–Kier alpha value is -2.15. The van der Waals surface area contributed by atoms with Crippen LogP contribution < -0.4 is 10.2 Å². The van der Waals surface area contributed by atoms with E-state index in [1.807, 2.05) is 6.92 Å². The molecule has 3 heterocycles. The molecule has 0 aromatic carbocycles. The van der Waals surface area contributed by atoms with Crippen LogP contribution in [0, 0.1) is 5.41 Å². The van der Waals surface area contributed by atoms with Gasteiger partial charge in [-0.15, -0.1) is 0 Å². The molecule has 2 unspecified atom stereocenters. The quantitative estimate of drug-likeness (QED) is 0.873. The molecule has 0 radical (unpaired) electrons. The first-order valence-corrected chi connectivity index (χ1v) is 7.11. The molecule has 1 fully saturated rings. The molecule has 118 valence electrons. The number of aromatic carboxylic acids is 1. The lowest BCUT2D eigenvalue weighted by molar-refractivity contribution is -0.0740. The fourth-order valence-electron chi connectivity index (χ4n) is 3.33. The van der Waals surface area contributed by atoms with E-state index in [1.165, 1.54) is 17.9 Å². The normalized spacial score (nSPS) is 27.0. The van der Waals surface area contributed by atoms with Crippen molar-refractivity contribution in [2.45, 2.75) is 32.4 Å². The Morgan fingerprint density at radius 3 is 2.86 bits per heavy atom. The molecule has 22 heavy (non-hydrogen) atoms. The molecule has 7 heteroatoms. The van der Waals surface area contributed by atoms with Gasteiger partial charge in [-0.2, -0.15) is 0 Å². The summed E-state index contributed by atoms with van der Waals surface area (Å²) >= 11 is 0. The van der Waals surface area contributed by atoms with Crippen LogP contribution in [-0.2, 0) is 11.3 Å². The van der Waals surface area contributed by atoms with Crippen LogP contribution in [0.15, 0.2) is 11.0 Å². The number of ether oxygens (including phenoxy) is 2. The van der Waals surface area contributed by atoms with E-state index in [-0.39, 0.29) is 23.3 Å². The van der Waals surface area contributed by atoms with Crippen LogP contribution in [0.1, 0.15) is 40.6 Å². The van der Waals surface area contributed by atoms with Gasteiger partial charge in [0.25, 0.3) is 0 Å². The van der Waals surface area contributed by atoms with Crippen molar-refractivity contribution in [3.8, 4) is 5.75 Å². The predicted octanol–water partition coefficient (Wildman–Crippen LogP) is 0.937. The molecule has 1 aromatic rings. The van der Waals surface area contributed by atoms with Gasteiger partial charge in [0.1, 0.15) is 11.3 Å². The largest absolute Gasteiger partial charge is 0.491 e. The summed E-state index contributed by atoms with van der Waals surface area (Å²) in [4.78, 5) is 36.4. The van der Waals surface area contributed by atoms with E-state index in [0.29, 0.717) is 19.6 Å². The van der Waals surface area contributed by atoms with E-state index in [1.54, 1.807) is 0 Å². The number of carboxylic acids is 1. The van der Waals surface area contributed by atoms with Crippen molar-refractivity contribution in [2.75, 3.05) is 13.7 Å². The Morgan fingerprint density at radius 1 is 1.50 bits per heavy atom. The molecule has 3 rings (SSSR count). The van der Waals surface area contributed by atoms with Gasteiger partial charge >= 0.3 is 5.97 Å². The van der Waals surface area contributed by atoms with Gasteiger partial charge < -0.3 is 19.1 Å². The zero-order valence-electron chi connectivity index (χ0n) is 12.4. The van der Waals surface area contributed by atoms with Crippen LogP contribution >= 0.6 is 0 Å². The zero-order chi connectivity index (χ0) is 16.1. The van der Waals surface area contributed by atoms with E-state index in [2.05, 4.69) is 0 Å². The second kappa shape index (κ2) is 4.95. The highest BCUT2D eigenvalue weighted by molar-refractivity contribution is 6.03. The molecule has 2 aliphatic rings. The van der Waals surface area contributed by atoms with Gasteiger partial charge in [-0.3, -0.25) is 9.59 Å². The number of fused-ring (bicyclic) bond motifs is 2. The summed E-state index contributed by atoms with van der Waals surface area (Å²) < 4.78 is 12.3. The highest BCUT2D eigenvalue weighted by atomic mass is 16.5. The van der Waals surface area contributed by atoms with E-state index in [9.17, 15) is 14.4 Å². The zero-order valence-corrected chi connectivity index (χ0v) is 12.4. The smallest absolute Gasteiger partial charge is 0.341 e. The number of nitrogens with zero attached hydrogens (tertiary/aromatic N) is 1. The molecule has 0 aliphatic carbocycles. The summed E-state index contributed by atoms with van der Waals surface area (Å²) in [7, 11) is 1.27. The minimum atomic E-state index is -1.34. The molecule has 1 N–H and O–H groups in total. The molecule has 1 saturated heterocycles. The number of pyridine rings is 1. The Morgan fingerprint density at radius 2 is 2.23 bits per heavy atom. The molecule has 0 saturated carbocycles. The van der Waals surface area contributed by atoms with Gasteiger partial charge in [0.15, 0.2) is 11.5 Å². The maximum Gasteiger partial charge on any atom is 0.341 e. The number of methoxy groups -OCH3 is 1. The third-order valence-corrected chi connectivity index (χ3v) is 4.64. The second-order valence-corrected chi connectivity index (χ2v) is 5.92. The van der Waals surface area contributed by atoms with Crippen LogP contribution in [-0.4, -0.2) is 41.2 Å². The van der Waals surface area contributed by atoms with Gasteiger partial charge in [-0.05, 0) is 19.8 Å². The average Bonchev–Trinajstić information content (AvgIpc) is 2.48. The third-order valence-electron chi connectivity index (χ3n) is 4.64. The van der Waals surface area contributed by atoms with Crippen molar-refractivity contribution >= 4 is 11.8 Å². The van der Waals surface area contributed by atoms with Gasteiger partial charge in [0, 0.05) is 12.8 Å². The van der Waals surface area contributed by atoms with Crippen molar-refractivity contribution in [3.05, 3.63) is 27.7 Å². The van der Waals surface area contributed by atoms with Crippen molar-refractivity contribution in [1.82, 2.24) is 4.57 Å². The lowest BCUT2D eigenvalue weighted by atomic mass is 9.71. The van der Waals surface area contributed by atoms with E-state index in [4.69, 9.17) is 14.6 Å². The average molecular weight is 307 g/mol. The van der Waals surface area contributed by atoms with Gasteiger partial charge in [-0.1, -0.05) is 0 Å². The second-order valence-electron chi connectivity index (χ2n) is 5.92. The minimum absolute atomic E-state index is 0.141. The van der Waals surface area contributed by atoms with Crippen molar-refractivity contribution < 1.29 is 24.2 Å². The highest BCUT2D eigenvalue weighted by Crippen LogP contribution is 2.42. The fraction of sp³-hybridized carbons (Fsp3) is 0.533. The lowest BCUT2D eigenvalue weighted by Gasteiger charge is -2.44. The Labute approximate surface area is 126 Å². The number of carboxylic acid groups (broad SMARTS) is 1. The van der Waals surface area contributed by atoms with Crippen molar-refractivity contribution in [1.29, 1.82) is 0 Å². The first kappa shape index (κ1) is 14.8. The first-order chi connectivity index (χ1) is 10.4. The van der Waals surface area contributed by atoms with Gasteiger partial charge in [0.2, 0.25) is 5.43 Å².